The van der Waals surface area contributed by atoms with E-state index in [9.17, 15) is 18.0 Å². The molecule has 8 heteroatoms. The first-order valence-corrected chi connectivity index (χ1v) is 12.9. The molecule has 0 unspecified atom stereocenters. The quantitative estimate of drug-likeness (QED) is 0.553. The predicted octanol–water partition coefficient (Wildman–Crippen LogP) is 3.73. The van der Waals surface area contributed by atoms with E-state index in [1.807, 2.05) is 52.0 Å². The van der Waals surface area contributed by atoms with Gasteiger partial charge in [-0.25, -0.2) is 12.7 Å². The van der Waals surface area contributed by atoms with Crippen molar-refractivity contribution in [1.82, 2.24) is 14.5 Å². The highest BCUT2D eigenvalue weighted by molar-refractivity contribution is 7.89. The Morgan fingerprint density at radius 1 is 1.00 bits per heavy atom. The van der Waals surface area contributed by atoms with Crippen LogP contribution in [0.3, 0.4) is 0 Å². The number of carbonyl (C=O) groups excluding carboxylic acids is 2. The van der Waals surface area contributed by atoms with Gasteiger partial charge in [-0.3, -0.25) is 9.59 Å². The molecule has 7 nitrogen and oxygen atoms in total. The molecule has 2 aromatic carbocycles. The van der Waals surface area contributed by atoms with Crippen molar-refractivity contribution >= 4 is 21.8 Å². The summed E-state index contributed by atoms with van der Waals surface area (Å²) in [5.41, 5.74) is 1.59. The Morgan fingerprint density at radius 2 is 1.59 bits per heavy atom. The molecule has 0 saturated carbocycles. The molecule has 0 radical (unpaired) electrons. The Morgan fingerprint density at radius 3 is 2.18 bits per heavy atom. The van der Waals surface area contributed by atoms with Gasteiger partial charge in [0, 0.05) is 32.1 Å². The van der Waals surface area contributed by atoms with Gasteiger partial charge < -0.3 is 10.2 Å². The lowest BCUT2D eigenvalue weighted by Gasteiger charge is -2.32. The third-order valence-corrected chi connectivity index (χ3v) is 7.45. The number of amides is 2. The third-order valence-electron chi connectivity index (χ3n) is 5.58. The Bertz CT molecular complexity index is 1080. The van der Waals surface area contributed by atoms with Gasteiger partial charge in [0.1, 0.15) is 6.04 Å². The van der Waals surface area contributed by atoms with Crippen LogP contribution in [-0.4, -0.2) is 54.6 Å². The largest absolute Gasteiger partial charge is 0.350 e. The van der Waals surface area contributed by atoms with E-state index in [-0.39, 0.29) is 29.7 Å². The van der Waals surface area contributed by atoms with Crippen molar-refractivity contribution in [1.29, 1.82) is 0 Å². The monoisotopic (exact) mass is 487 g/mol. The summed E-state index contributed by atoms with van der Waals surface area (Å²) in [6.07, 6.45) is 0.479. The first-order chi connectivity index (χ1) is 15.8. The Hall–Kier alpha value is -2.71. The van der Waals surface area contributed by atoms with Crippen molar-refractivity contribution in [3.05, 3.63) is 65.7 Å². The number of nitrogens with zero attached hydrogens (tertiary/aromatic N) is 2. The summed E-state index contributed by atoms with van der Waals surface area (Å²) in [4.78, 5) is 27.9. The lowest BCUT2D eigenvalue weighted by molar-refractivity contribution is -0.141. The number of nitrogens with one attached hydrogen (secondary N) is 1. The summed E-state index contributed by atoms with van der Waals surface area (Å²) < 4.78 is 26.7. The molecular formula is C26H37N3O4S. The molecule has 0 aliphatic rings. The highest BCUT2D eigenvalue weighted by Gasteiger charge is 2.29. The minimum atomic E-state index is -3.62. The van der Waals surface area contributed by atoms with Crippen LogP contribution in [0, 0.1) is 6.92 Å². The summed E-state index contributed by atoms with van der Waals surface area (Å²) in [7, 11) is -2.11. The number of hydrogen-bond donors (Lipinski definition) is 1. The van der Waals surface area contributed by atoms with E-state index in [1.54, 1.807) is 42.2 Å². The topological polar surface area (TPSA) is 86.8 Å². The van der Waals surface area contributed by atoms with E-state index in [0.717, 1.165) is 11.1 Å². The highest BCUT2D eigenvalue weighted by Crippen LogP contribution is 2.17. The first kappa shape index (κ1) is 27.5. The van der Waals surface area contributed by atoms with Gasteiger partial charge in [-0.1, -0.05) is 42.5 Å². The van der Waals surface area contributed by atoms with Gasteiger partial charge in [-0.05, 0) is 64.3 Å². The van der Waals surface area contributed by atoms with Gasteiger partial charge in [-0.15, -0.1) is 0 Å². The lowest BCUT2D eigenvalue weighted by atomic mass is 10.1. The van der Waals surface area contributed by atoms with E-state index >= 15 is 0 Å². The SMILES string of the molecule is Cc1ccccc1CN(C(=O)CCCN(C)S(=O)(=O)c1ccccc1)[C@H](C)C(=O)NC(C)(C)C. The molecule has 2 amide bonds. The molecular weight excluding hydrogens is 450 g/mol. The molecule has 0 aromatic heterocycles. The number of benzene rings is 2. The van der Waals surface area contributed by atoms with Crippen LogP contribution < -0.4 is 5.32 Å². The van der Waals surface area contributed by atoms with Crippen LogP contribution in [0.15, 0.2) is 59.5 Å². The summed E-state index contributed by atoms with van der Waals surface area (Å²) in [6.45, 7) is 9.90. The van der Waals surface area contributed by atoms with Crippen molar-refractivity contribution in [2.75, 3.05) is 13.6 Å². The number of rotatable bonds is 10. The number of sulfonamides is 1. The molecule has 0 aliphatic heterocycles. The minimum Gasteiger partial charge on any atom is -0.350 e. The smallest absolute Gasteiger partial charge is 0.242 e. The average molecular weight is 488 g/mol. The molecule has 34 heavy (non-hydrogen) atoms. The fraction of sp³-hybridized carbons (Fsp3) is 0.462. The third kappa shape index (κ3) is 7.67. The van der Waals surface area contributed by atoms with Crippen LogP contribution >= 0.6 is 0 Å². The molecule has 0 saturated heterocycles. The minimum absolute atomic E-state index is 0.133. The Kier molecular flexibility index (Phi) is 9.41. The second kappa shape index (κ2) is 11.6. The number of hydrogen-bond acceptors (Lipinski definition) is 4. The second-order valence-electron chi connectivity index (χ2n) is 9.61. The first-order valence-electron chi connectivity index (χ1n) is 11.5. The zero-order chi connectivity index (χ0) is 25.5. The number of aryl methyl sites for hydroxylation is 1. The molecule has 0 heterocycles. The second-order valence-corrected chi connectivity index (χ2v) is 11.7. The molecule has 2 aromatic rings. The van der Waals surface area contributed by atoms with Gasteiger partial charge in [0.15, 0.2) is 0 Å². The zero-order valence-electron chi connectivity index (χ0n) is 21.0. The van der Waals surface area contributed by atoms with Crippen LogP contribution in [0.4, 0.5) is 0 Å². The maximum absolute atomic E-state index is 13.2. The molecule has 1 atom stereocenters. The molecule has 0 bridgehead atoms. The normalized spacial score (nSPS) is 12.9. The maximum atomic E-state index is 13.2. The summed E-state index contributed by atoms with van der Waals surface area (Å²) in [6, 6.07) is 15.3. The van der Waals surface area contributed by atoms with E-state index in [4.69, 9.17) is 0 Å². The average Bonchev–Trinajstić information content (AvgIpc) is 2.77. The lowest BCUT2D eigenvalue weighted by Crippen LogP contribution is -2.52. The van der Waals surface area contributed by atoms with Crippen LogP contribution in [0.1, 0.15) is 51.7 Å². The van der Waals surface area contributed by atoms with Crippen molar-refractivity contribution in [3.63, 3.8) is 0 Å². The molecule has 1 N–H and O–H groups in total. The summed E-state index contributed by atoms with van der Waals surface area (Å²) in [5.74, 6) is -0.413. The summed E-state index contributed by atoms with van der Waals surface area (Å²) >= 11 is 0. The van der Waals surface area contributed by atoms with Gasteiger partial charge >= 0.3 is 0 Å². The predicted molar refractivity (Wildman–Crippen MR) is 135 cm³/mol. The van der Waals surface area contributed by atoms with Crippen LogP contribution in [0.5, 0.6) is 0 Å². The van der Waals surface area contributed by atoms with Crippen molar-refractivity contribution in [2.45, 2.75) is 70.5 Å². The van der Waals surface area contributed by atoms with E-state index < -0.39 is 21.6 Å². The summed E-state index contributed by atoms with van der Waals surface area (Å²) in [5, 5.41) is 2.95. The maximum Gasteiger partial charge on any atom is 0.242 e. The van der Waals surface area contributed by atoms with E-state index in [1.165, 1.54) is 11.4 Å². The standard InChI is InChI=1S/C26H37N3O4S/c1-20-13-10-11-14-22(20)19-29(21(2)25(31)27-26(3,4)5)24(30)17-12-18-28(6)34(32,33)23-15-8-7-9-16-23/h7-11,13-16,21H,12,17-19H2,1-6H3,(H,27,31)/t21-/m1/s1. The Balaban J connectivity index is 2.11. The zero-order valence-corrected chi connectivity index (χ0v) is 21.9. The van der Waals surface area contributed by atoms with E-state index in [0.29, 0.717) is 13.0 Å². The van der Waals surface area contributed by atoms with Gasteiger partial charge in [0.2, 0.25) is 21.8 Å². The molecule has 2 rings (SSSR count). The molecule has 0 spiro atoms. The van der Waals surface area contributed by atoms with E-state index in [2.05, 4.69) is 5.32 Å². The Labute approximate surface area is 204 Å². The van der Waals surface area contributed by atoms with Gasteiger partial charge in [-0.2, -0.15) is 0 Å². The van der Waals surface area contributed by atoms with Gasteiger partial charge in [0.05, 0.1) is 4.90 Å². The molecule has 0 aliphatic carbocycles. The number of carbonyl (C=O) groups is 2. The fourth-order valence-corrected chi connectivity index (χ4v) is 4.75. The fourth-order valence-electron chi connectivity index (χ4n) is 3.52. The van der Waals surface area contributed by atoms with Crippen molar-refractivity contribution in [3.8, 4) is 0 Å². The van der Waals surface area contributed by atoms with Crippen molar-refractivity contribution in [2.24, 2.45) is 0 Å². The van der Waals surface area contributed by atoms with Crippen LogP contribution in [-0.2, 0) is 26.2 Å². The van der Waals surface area contributed by atoms with Gasteiger partial charge in [0.25, 0.3) is 0 Å². The van der Waals surface area contributed by atoms with Crippen molar-refractivity contribution < 1.29 is 18.0 Å². The molecule has 0 fully saturated rings. The molecule has 186 valence electrons. The van der Waals surface area contributed by atoms with Crippen LogP contribution in [0.2, 0.25) is 0 Å². The van der Waals surface area contributed by atoms with Crippen LogP contribution in [0.25, 0.3) is 0 Å². The highest BCUT2D eigenvalue weighted by atomic mass is 32.2.